The van der Waals surface area contributed by atoms with Gasteiger partial charge < -0.3 is 14.2 Å². The molecule has 6 nitrogen and oxygen atoms in total. The fraction of sp³-hybridized carbons (Fsp3) is 0.348. The molecule has 0 rings (SSSR count). The van der Waals surface area contributed by atoms with Gasteiger partial charge in [0.2, 0.25) is 0 Å². The second-order valence-corrected chi connectivity index (χ2v) is 6.29. The molecule has 0 spiro atoms. The Hall–Kier alpha value is -3.15. The quantitative estimate of drug-likeness (QED) is 0.212. The first-order valence-electron chi connectivity index (χ1n) is 9.25. The summed E-state index contributed by atoms with van der Waals surface area (Å²) < 4.78 is 15.6. The van der Waals surface area contributed by atoms with Gasteiger partial charge in [0.05, 0.1) is 5.41 Å². The van der Waals surface area contributed by atoms with Crippen LogP contribution in [0.15, 0.2) is 72.9 Å². The monoisotopic (exact) mass is 402 g/mol. The van der Waals surface area contributed by atoms with Crippen LogP contribution in [0, 0.1) is 5.41 Å². The second-order valence-electron chi connectivity index (χ2n) is 6.29. The molecule has 0 N–H and O–H groups in total. The van der Waals surface area contributed by atoms with Crippen LogP contribution in [0.2, 0.25) is 0 Å². The normalized spacial score (nSPS) is 12.8. The molecule has 0 aromatic heterocycles. The number of hydrogen-bond acceptors (Lipinski definition) is 6. The van der Waals surface area contributed by atoms with Gasteiger partial charge in [0.25, 0.3) is 0 Å². The Balaban J connectivity index is 4.97. The lowest BCUT2D eigenvalue weighted by atomic mass is 9.94. The maximum Gasteiger partial charge on any atom is 0.330 e. The highest BCUT2D eigenvalue weighted by Gasteiger charge is 2.30. The molecule has 0 amide bonds. The third-order valence-electron chi connectivity index (χ3n) is 3.30. The number of ether oxygens (including phenoxy) is 3. The Morgan fingerprint density at radius 1 is 0.586 bits per heavy atom. The summed E-state index contributed by atoms with van der Waals surface area (Å²) in [5, 5.41) is 0. The summed E-state index contributed by atoms with van der Waals surface area (Å²) in [4.78, 5) is 35.4. The molecule has 0 unspecified atom stereocenters. The average molecular weight is 402 g/mol. The Labute approximate surface area is 172 Å². The average Bonchev–Trinajstić information content (AvgIpc) is 2.70. The minimum Gasteiger partial charge on any atom is -0.462 e. The highest BCUT2D eigenvalue weighted by Crippen LogP contribution is 2.19. The molecule has 0 radical (unpaired) electrons. The summed E-state index contributed by atoms with van der Waals surface area (Å²) >= 11 is 0. The first kappa shape index (κ1) is 25.9. The van der Waals surface area contributed by atoms with Gasteiger partial charge in [-0.1, -0.05) is 54.7 Å². The molecule has 0 saturated heterocycles. The van der Waals surface area contributed by atoms with Crippen molar-refractivity contribution in [1.29, 1.82) is 0 Å². The van der Waals surface area contributed by atoms with E-state index in [2.05, 4.69) is 0 Å². The standard InChI is InChI=1S/C23H30O6/c1-5-8-11-14-20(24)27-17-23(4,18-28-21(25)15-12-9-6-2)19-29-22(26)16-13-10-7-3/h5-16H,17-19H2,1-4H3/b8-5+,9-6+,10-7+,14-11+,15-12+,16-13+. The van der Waals surface area contributed by atoms with E-state index in [9.17, 15) is 14.4 Å². The molecule has 0 saturated carbocycles. The zero-order valence-corrected chi connectivity index (χ0v) is 17.5. The molecule has 0 atom stereocenters. The Kier molecular flexibility index (Phi) is 14.1. The minimum absolute atomic E-state index is 0.0935. The third kappa shape index (κ3) is 14.6. The topological polar surface area (TPSA) is 78.9 Å². The van der Waals surface area contributed by atoms with Crippen LogP contribution in [0.4, 0.5) is 0 Å². The van der Waals surface area contributed by atoms with Gasteiger partial charge in [-0.2, -0.15) is 0 Å². The van der Waals surface area contributed by atoms with Crippen molar-refractivity contribution in [3.63, 3.8) is 0 Å². The first-order valence-corrected chi connectivity index (χ1v) is 9.25. The zero-order chi connectivity index (χ0) is 22.0. The van der Waals surface area contributed by atoms with E-state index in [1.807, 2.05) is 20.8 Å². The molecular weight excluding hydrogens is 372 g/mol. The van der Waals surface area contributed by atoms with Gasteiger partial charge in [0.1, 0.15) is 19.8 Å². The van der Waals surface area contributed by atoms with Gasteiger partial charge in [-0.15, -0.1) is 0 Å². The fourth-order valence-corrected chi connectivity index (χ4v) is 1.74. The largest absolute Gasteiger partial charge is 0.462 e. The zero-order valence-electron chi connectivity index (χ0n) is 17.5. The van der Waals surface area contributed by atoms with Gasteiger partial charge in [-0.05, 0) is 27.7 Å². The summed E-state index contributed by atoms with van der Waals surface area (Å²) in [6.07, 6.45) is 18.9. The van der Waals surface area contributed by atoms with Crippen LogP contribution in [-0.2, 0) is 28.6 Å². The van der Waals surface area contributed by atoms with Gasteiger partial charge >= 0.3 is 17.9 Å². The molecule has 0 bridgehead atoms. The Morgan fingerprint density at radius 3 is 1.10 bits per heavy atom. The lowest BCUT2D eigenvalue weighted by molar-refractivity contribution is -0.154. The van der Waals surface area contributed by atoms with Crippen molar-refractivity contribution in [1.82, 2.24) is 0 Å². The molecule has 0 fully saturated rings. The van der Waals surface area contributed by atoms with Crippen LogP contribution < -0.4 is 0 Å². The van der Waals surface area contributed by atoms with E-state index >= 15 is 0 Å². The van der Waals surface area contributed by atoms with Gasteiger partial charge in [-0.3, -0.25) is 0 Å². The molecule has 0 aliphatic rings. The van der Waals surface area contributed by atoms with Crippen LogP contribution in [0.25, 0.3) is 0 Å². The van der Waals surface area contributed by atoms with Gasteiger partial charge in [-0.25, -0.2) is 14.4 Å². The molecule has 0 aliphatic carbocycles. The Bertz CT molecular complexity index is 599. The smallest absolute Gasteiger partial charge is 0.330 e. The maximum atomic E-state index is 11.8. The summed E-state index contributed by atoms with van der Waals surface area (Å²) in [6, 6.07) is 0. The SMILES string of the molecule is C/C=C/C=C/C(=O)OCC(C)(COC(=O)/C=C/C=C/C)COC(=O)/C=C/C=C/C. The van der Waals surface area contributed by atoms with Crippen molar-refractivity contribution in [2.45, 2.75) is 27.7 Å². The molecule has 158 valence electrons. The molecule has 0 heterocycles. The van der Waals surface area contributed by atoms with Crippen molar-refractivity contribution < 1.29 is 28.6 Å². The van der Waals surface area contributed by atoms with Gasteiger partial charge in [0.15, 0.2) is 0 Å². The van der Waals surface area contributed by atoms with Crippen molar-refractivity contribution in [3.05, 3.63) is 72.9 Å². The minimum atomic E-state index is -0.904. The predicted octanol–water partition coefficient (Wildman–Crippen LogP) is 4.02. The fourth-order valence-electron chi connectivity index (χ4n) is 1.74. The Morgan fingerprint density at radius 2 is 0.862 bits per heavy atom. The summed E-state index contributed by atoms with van der Waals surface area (Å²) in [6.45, 7) is 6.89. The molecule has 0 aromatic rings. The van der Waals surface area contributed by atoms with E-state index < -0.39 is 23.3 Å². The maximum absolute atomic E-state index is 11.8. The summed E-state index contributed by atoms with van der Waals surface area (Å²) in [5.41, 5.74) is -0.904. The van der Waals surface area contributed by atoms with Crippen molar-refractivity contribution in [2.24, 2.45) is 5.41 Å². The second kappa shape index (κ2) is 15.9. The van der Waals surface area contributed by atoms with E-state index in [1.54, 1.807) is 61.6 Å². The number of carbonyl (C=O) groups is 3. The van der Waals surface area contributed by atoms with Crippen LogP contribution in [0.5, 0.6) is 0 Å². The van der Waals surface area contributed by atoms with Crippen molar-refractivity contribution in [3.8, 4) is 0 Å². The summed E-state index contributed by atoms with van der Waals surface area (Å²) in [7, 11) is 0. The number of allylic oxidation sites excluding steroid dienone is 9. The first-order chi connectivity index (χ1) is 13.9. The lowest BCUT2D eigenvalue weighted by Crippen LogP contribution is -2.36. The number of rotatable bonds is 12. The predicted molar refractivity (Wildman–Crippen MR) is 113 cm³/mol. The highest BCUT2D eigenvalue weighted by atomic mass is 16.6. The van der Waals surface area contributed by atoms with Crippen molar-refractivity contribution in [2.75, 3.05) is 19.8 Å². The van der Waals surface area contributed by atoms with E-state index in [1.165, 1.54) is 18.2 Å². The van der Waals surface area contributed by atoms with Crippen LogP contribution in [-0.4, -0.2) is 37.7 Å². The number of hydrogen-bond donors (Lipinski definition) is 0. The van der Waals surface area contributed by atoms with E-state index in [-0.39, 0.29) is 19.8 Å². The van der Waals surface area contributed by atoms with Crippen LogP contribution in [0.3, 0.4) is 0 Å². The summed E-state index contributed by atoms with van der Waals surface area (Å²) in [5.74, 6) is -1.64. The van der Waals surface area contributed by atoms with Gasteiger partial charge in [0, 0.05) is 18.2 Å². The number of esters is 3. The van der Waals surface area contributed by atoms with Crippen molar-refractivity contribution >= 4 is 17.9 Å². The lowest BCUT2D eigenvalue weighted by Gasteiger charge is -2.27. The molecule has 0 aliphatic heterocycles. The van der Waals surface area contributed by atoms with E-state index in [4.69, 9.17) is 14.2 Å². The highest BCUT2D eigenvalue weighted by molar-refractivity contribution is 5.83. The van der Waals surface area contributed by atoms with E-state index in [0.717, 1.165) is 0 Å². The van der Waals surface area contributed by atoms with Crippen LogP contribution in [0.1, 0.15) is 27.7 Å². The number of carbonyl (C=O) groups excluding carboxylic acids is 3. The molecule has 29 heavy (non-hydrogen) atoms. The molecule has 0 aromatic carbocycles. The van der Waals surface area contributed by atoms with E-state index in [0.29, 0.717) is 0 Å². The molecule has 6 heteroatoms. The van der Waals surface area contributed by atoms with Crippen LogP contribution >= 0.6 is 0 Å². The molecular formula is C23H30O6. The third-order valence-corrected chi connectivity index (χ3v) is 3.30.